The molecule has 1 aromatic carbocycles. The summed E-state index contributed by atoms with van der Waals surface area (Å²) >= 11 is 1.01. The van der Waals surface area contributed by atoms with Crippen LogP contribution in [-0.4, -0.2) is 11.8 Å². The number of halogens is 2. The number of anilines is 2. The summed E-state index contributed by atoms with van der Waals surface area (Å²) in [6.07, 6.45) is 1.37. The molecule has 24 heavy (non-hydrogen) atoms. The van der Waals surface area contributed by atoms with Crippen LogP contribution < -0.4 is 10.6 Å². The molecule has 2 amide bonds. The molecule has 0 bridgehead atoms. The van der Waals surface area contributed by atoms with E-state index in [4.69, 9.17) is 4.42 Å². The molecule has 5 nitrogen and oxygen atoms in total. The van der Waals surface area contributed by atoms with Crippen LogP contribution in [0.3, 0.4) is 0 Å². The van der Waals surface area contributed by atoms with Crippen molar-refractivity contribution in [3.8, 4) is 0 Å². The molecular formula is C16H10F2N2O3S. The summed E-state index contributed by atoms with van der Waals surface area (Å²) in [4.78, 5) is 24.2. The van der Waals surface area contributed by atoms with E-state index in [2.05, 4.69) is 10.6 Å². The van der Waals surface area contributed by atoms with Gasteiger partial charge in [0.1, 0.15) is 11.6 Å². The third-order valence-electron chi connectivity index (χ3n) is 2.99. The van der Waals surface area contributed by atoms with Crippen molar-refractivity contribution in [3.63, 3.8) is 0 Å². The second-order valence-electron chi connectivity index (χ2n) is 4.67. The molecule has 0 spiro atoms. The van der Waals surface area contributed by atoms with Crippen molar-refractivity contribution in [2.75, 3.05) is 10.6 Å². The molecule has 0 radical (unpaired) electrons. The lowest BCUT2D eigenvalue weighted by atomic mass is 10.3. The van der Waals surface area contributed by atoms with Crippen LogP contribution in [0, 0.1) is 11.6 Å². The molecule has 3 aromatic rings. The Balaban J connectivity index is 1.68. The Morgan fingerprint density at radius 2 is 1.83 bits per heavy atom. The van der Waals surface area contributed by atoms with Crippen LogP contribution in [-0.2, 0) is 0 Å². The van der Waals surface area contributed by atoms with Crippen molar-refractivity contribution < 1.29 is 22.8 Å². The first kappa shape index (κ1) is 15.9. The fraction of sp³-hybridized carbons (Fsp3) is 0. The predicted octanol–water partition coefficient (Wildman–Crippen LogP) is 4.12. The molecule has 3 rings (SSSR count). The second kappa shape index (κ2) is 6.63. The van der Waals surface area contributed by atoms with Crippen LogP contribution in [0.4, 0.5) is 19.5 Å². The van der Waals surface area contributed by atoms with Gasteiger partial charge in [0.25, 0.3) is 11.8 Å². The fourth-order valence-corrected chi connectivity index (χ4v) is 2.68. The van der Waals surface area contributed by atoms with Gasteiger partial charge in [-0.05, 0) is 36.4 Å². The lowest BCUT2D eigenvalue weighted by Crippen LogP contribution is -2.11. The Kier molecular flexibility index (Phi) is 4.39. The third kappa shape index (κ3) is 3.49. The van der Waals surface area contributed by atoms with Gasteiger partial charge in [-0.25, -0.2) is 8.78 Å². The second-order valence-corrected chi connectivity index (χ2v) is 5.76. The normalized spacial score (nSPS) is 10.4. The minimum Gasteiger partial charge on any atom is -0.459 e. The van der Waals surface area contributed by atoms with Crippen molar-refractivity contribution in [2.45, 2.75) is 0 Å². The minimum atomic E-state index is -0.869. The topological polar surface area (TPSA) is 71.3 Å². The molecule has 0 atom stereocenters. The first-order valence-corrected chi connectivity index (χ1v) is 7.55. The Labute approximate surface area is 138 Å². The molecule has 2 heterocycles. The lowest BCUT2D eigenvalue weighted by molar-refractivity contribution is 0.0995. The molecule has 0 fully saturated rings. The summed E-state index contributed by atoms with van der Waals surface area (Å²) in [6, 6.07) is 8.98. The number of carbonyl (C=O) groups excluding carboxylic acids is 2. The summed E-state index contributed by atoms with van der Waals surface area (Å²) in [5.41, 5.74) is -0.129. The number of rotatable bonds is 4. The zero-order valence-corrected chi connectivity index (χ0v) is 12.8. The Morgan fingerprint density at radius 3 is 2.54 bits per heavy atom. The van der Waals surface area contributed by atoms with Gasteiger partial charge >= 0.3 is 0 Å². The molecule has 0 aliphatic rings. The third-order valence-corrected chi connectivity index (χ3v) is 3.99. The molecule has 2 aromatic heterocycles. The summed E-state index contributed by atoms with van der Waals surface area (Å²) < 4.78 is 31.4. The zero-order valence-electron chi connectivity index (χ0n) is 12.0. The standard InChI is InChI=1S/C16H10F2N2O3S/c17-9-3-4-11(10(18)8-9)19-16(22)13-5-6-14(24-13)20-15(21)12-2-1-7-23-12/h1-8H,(H,19,22)(H,20,21). The van der Waals surface area contributed by atoms with E-state index in [-0.39, 0.29) is 16.3 Å². The summed E-state index contributed by atoms with van der Waals surface area (Å²) in [5.74, 6) is -2.47. The molecular weight excluding hydrogens is 338 g/mol. The summed E-state index contributed by atoms with van der Waals surface area (Å²) in [6.45, 7) is 0. The first-order chi connectivity index (χ1) is 11.5. The fourth-order valence-electron chi connectivity index (χ4n) is 1.88. The molecule has 0 aliphatic heterocycles. The van der Waals surface area contributed by atoms with Crippen LogP contribution in [0.1, 0.15) is 20.2 Å². The first-order valence-electron chi connectivity index (χ1n) is 6.74. The van der Waals surface area contributed by atoms with Crippen LogP contribution >= 0.6 is 11.3 Å². The van der Waals surface area contributed by atoms with Gasteiger partial charge in [-0.15, -0.1) is 11.3 Å². The lowest BCUT2D eigenvalue weighted by Gasteiger charge is -2.04. The number of benzene rings is 1. The van der Waals surface area contributed by atoms with E-state index in [1.807, 2.05) is 0 Å². The number of amides is 2. The predicted molar refractivity (Wildman–Crippen MR) is 85.3 cm³/mol. The van der Waals surface area contributed by atoms with Gasteiger partial charge in [0.05, 0.1) is 21.8 Å². The van der Waals surface area contributed by atoms with Crippen molar-refractivity contribution in [1.29, 1.82) is 0 Å². The number of hydrogen-bond acceptors (Lipinski definition) is 4. The van der Waals surface area contributed by atoms with Crippen molar-refractivity contribution in [2.24, 2.45) is 0 Å². The van der Waals surface area contributed by atoms with E-state index in [1.165, 1.54) is 18.4 Å². The maximum Gasteiger partial charge on any atom is 0.291 e. The molecule has 0 aliphatic carbocycles. The average Bonchev–Trinajstić information content (AvgIpc) is 3.21. The van der Waals surface area contributed by atoms with Gasteiger partial charge in [0, 0.05) is 6.07 Å². The maximum absolute atomic E-state index is 13.5. The van der Waals surface area contributed by atoms with Crippen LogP contribution in [0.2, 0.25) is 0 Å². The monoisotopic (exact) mass is 348 g/mol. The summed E-state index contributed by atoms with van der Waals surface area (Å²) in [5, 5.41) is 5.36. The maximum atomic E-state index is 13.5. The highest BCUT2D eigenvalue weighted by atomic mass is 32.1. The number of carbonyl (C=O) groups is 2. The smallest absolute Gasteiger partial charge is 0.291 e. The van der Waals surface area contributed by atoms with E-state index in [1.54, 1.807) is 12.1 Å². The number of hydrogen-bond donors (Lipinski definition) is 2. The Morgan fingerprint density at radius 1 is 1.00 bits per heavy atom. The van der Waals surface area contributed by atoms with Crippen molar-refractivity contribution in [1.82, 2.24) is 0 Å². The molecule has 2 N–H and O–H groups in total. The average molecular weight is 348 g/mol. The molecule has 0 saturated heterocycles. The van der Waals surface area contributed by atoms with Gasteiger partial charge in [0.2, 0.25) is 0 Å². The highest BCUT2D eigenvalue weighted by Crippen LogP contribution is 2.24. The molecule has 8 heteroatoms. The van der Waals surface area contributed by atoms with E-state index in [0.29, 0.717) is 11.1 Å². The van der Waals surface area contributed by atoms with Gasteiger partial charge < -0.3 is 15.1 Å². The van der Waals surface area contributed by atoms with E-state index < -0.39 is 23.4 Å². The Hall–Kier alpha value is -3.00. The number of nitrogens with one attached hydrogen (secondary N) is 2. The number of furan rings is 1. The van der Waals surface area contributed by atoms with E-state index in [0.717, 1.165) is 23.5 Å². The highest BCUT2D eigenvalue weighted by molar-refractivity contribution is 7.18. The number of thiophene rings is 1. The van der Waals surface area contributed by atoms with E-state index in [9.17, 15) is 18.4 Å². The highest BCUT2D eigenvalue weighted by Gasteiger charge is 2.15. The largest absolute Gasteiger partial charge is 0.459 e. The molecule has 0 saturated carbocycles. The van der Waals surface area contributed by atoms with Gasteiger partial charge in [0.15, 0.2) is 5.76 Å². The van der Waals surface area contributed by atoms with Crippen LogP contribution in [0.25, 0.3) is 0 Å². The van der Waals surface area contributed by atoms with Crippen LogP contribution in [0.15, 0.2) is 53.1 Å². The quantitative estimate of drug-likeness (QED) is 0.745. The van der Waals surface area contributed by atoms with Crippen molar-refractivity contribution in [3.05, 3.63) is 71.0 Å². The van der Waals surface area contributed by atoms with Gasteiger partial charge in [-0.2, -0.15) is 0 Å². The molecule has 122 valence electrons. The zero-order chi connectivity index (χ0) is 17.1. The molecule has 0 unspecified atom stereocenters. The SMILES string of the molecule is O=C(Nc1ccc(C(=O)Nc2ccc(F)cc2F)s1)c1ccco1. The minimum absolute atomic E-state index is 0.129. The Bertz CT molecular complexity index is 891. The van der Waals surface area contributed by atoms with Crippen molar-refractivity contribution >= 4 is 33.8 Å². The van der Waals surface area contributed by atoms with Gasteiger partial charge in [-0.3, -0.25) is 9.59 Å². The summed E-state index contributed by atoms with van der Waals surface area (Å²) in [7, 11) is 0. The van der Waals surface area contributed by atoms with Crippen LogP contribution in [0.5, 0.6) is 0 Å². The van der Waals surface area contributed by atoms with E-state index >= 15 is 0 Å². The van der Waals surface area contributed by atoms with Gasteiger partial charge in [-0.1, -0.05) is 0 Å².